The Balaban J connectivity index is 2.24. The van der Waals surface area contributed by atoms with Gasteiger partial charge in [-0.15, -0.1) is 0 Å². The van der Waals surface area contributed by atoms with Gasteiger partial charge in [0.1, 0.15) is 0 Å². The van der Waals surface area contributed by atoms with Crippen LogP contribution >= 0.6 is 0 Å². The van der Waals surface area contributed by atoms with Crippen molar-refractivity contribution >= 4 is 5.91 Å². The molecule has 0 atom stereocenters. The lowest BCUT2D eigenvalue weighted by atomic mass is 9.94. The highest BCUT2D eigenvalue weighted by molar-refractivity contribution is 5.91. The summed E-state index contributed by atoms with van der Waals surface area (Å²) in [6.45, 7) is 4.11. The number of benzene rings is 1. The summed E-state index contributed by atoms with van der Waals surface area (Å²) in [4.78, 5) is 14.3. The summed E-state index contributed by atoms with van der Waals surface area (Å²) in [6.07, 6.45) is 1.99. The normalized spacial score (nSPS) is 17.2. The predicted molar refractivity (Wildman–Crippen MR) is 65.3 cm³/mol. The second-order valence-electron chi connectivity index (χ2n) is 4.96. The molecule has 1 aromatic rings. The quantitative estimate of drug-likeness (QED) is 0.762. The topological polar surface area (TPSA) is 20.3 Å². The molecule has 0 heterocycles. The molecule has 1 fully saturated rings. The minimum absolute atomic E-state index is 0.208. The third-order valence-corrected chi connectivity index (χ3v) is 3.58. The van der Waals surface area contributed by atoms with Gasteiger partial charge in [0.25, 0.3) is 0 Å². The zero-order valence-electron chi connectivity index (χ0n) is 10.2. The van der Waals surface area contributed by atoms with Crippen molar-refractivity contribution in [2.45, 2.75) is 38.1 Å². The molecule has 0 saturated heterocycles. The second-order valence-corrected chi connectivity index (χ2v) is 4.96. The van der Waals surface area contributed by atoms with Gasteiger partial charge in [-0.25, -0.2) is 0 Å². The maximum absolute atomic E-state index is 12.4. The van der Waals surface area contributed by atoms with E-state index < -0.39 is 0 Å². The van der Waals surface area contributed by atoms with Crippen LogP contribution in [0, 0.1) is 0 Å². The van der Waals surface area contributed by atoms with Gasteiger partial charge in [-0.1, -0.05) is 30.3 Å². The van der Waals surface area contributed by atoms with Crippen molar-refractivity contribution in [2.24, 2.45) is 0 Å². The highest BCUT2D eigenvalue weighted by atomic mass is 16.2. The SMILES string of the molecule is CC(C)N(C)C(=O)C1(c2ccccc2)CC1. The van der Waals surface area contributed by atoms with Crippen molar-refractivity contribution in [3.8, 4) is 0 Å². The van der Waals surface area contributed by atoms with Crippen LogP contribution in [0.25, 0.3) is 0 Å². The van der Waals surface area contributed by atoms with E-state index in [4.69, 9.17) is 0 Å². The average molecular weight is 217 g/mol. The molecule has 0 aliphatic heterocycles. The Labute approximate surface area is 97.3 Å². The minimum atomic E-state index is -0.208. The molecule has 16 heavy (non-hydrogen) atoms. The van der Waals surface area contributed by atoms with Crippen LogP contribution in [0.15, 0.2) is 30.3 Å². The smallest absolute Gasteiger partial charge is 0.233 e. The number of likely N-dealkylation sites (N-methyl/N-ethyl adjacent to an activating group) is 1. The van der Waals surface area contributed by atoms with Crippen LogP contribution < -0.4 is 0 Å². The van der Waals surface area contributed by atoms with Crippen molar-refractivity contribution in [3.63, 3.8) is 0 Å². The average Bonchev–Trinajstić information content (AvgIpc) is 3.09. The first-order chi connectivity index (χ1) is 7.58. The number of hydrogen-bond acceptors (Lipinski definition) is 1. The van der Waals surface area contributed by atoms with Gasteiger partial charge in [0.15, 0.2) is 0 Å². The number of rotatable bonds is 3. The second kappa shape index (κ2) is 3.93. The van der Waals surface area contributed by atoms with Gasteiger partial charge >= 0.3 is 0 Å². The van der Waals surface area contributed by atoms with Gasteiger partial charge in [-0.05, 0) is 32.3 Å². The molecule has 0 radical (unpaired) electrons. The Kier molecular flexibility index (Phi) is 2.75. The Bertz CT molecular complexity index is 379. The third kappa shape index (κ3) is 1.73. The fourth-order valence-electron chi connectivity index (χ4n) is 2.08. The standard InChI is InChI=1S/C14H19NO/c1-11(2)15(3)13(16)14(9-10-14)12-7-5-4-6-8-12/h4-8,11H,9-10H2,1-3H3. The molecule has 1 amide bonds. The van der Waals surface area contributed by atoms with Crippen molar-refractivity contribution < 1.29 is 4.79 Å². The molecule has 0 N–H and O–H groups in total. The van der Waals surface area contributed by atoms with E-state index >= 15 is 0 Å². The van der Waals surface area contributed by atoms with Crippen molar-refractivity contribution in [2.75, 3.05) is 7.05 Å². The van der Waals surface area contributed by atoms with E-state index in [0.717, 1.165) is 12.8 Å². The molecule has 2 rings (SSSR count). The number of carbonyl (C=O) groups excluding carboxylic acids is 1. The molecule has 1 aromatic carbocycles. The van der Waals surface area contributed by atoms with Crippen LogP contribution in [0.1, 0.15) is 32.3 Å². The van der Waals surface area contributed by atoms with Crippen molar-refractivity contribution in [3.05, 3.63) is 35.9 Å². The summed E-state index contributed by atoms with van der Waals surface area (Å²) >= 11 is 0. The fourth-order valence-corrected chi connectivity index (χ4v) is 2.08. The Morgan fingerprint density at radius 1 is 1.25 bits per heavy atom. The van der Waals surface area contributed by atoms with Crippen LogP contribution in [-0.2, 0) is 10.2 Å². The van der Waals surface area contributed by atoms with E-state index in [1.54, 1.807) is 0 Å². The van der Waals surface area contributed by atoms with Gasteiger partial charge in [-0.3, -0.25) is 4.79 Å². The molecule has 1 aliphatic carbocycles. The van der Waals surface area contributed by atoms with Crippen molar-refractivity contribution in [1.82, 2.24) is 4.90 Å². The van der Waals surface area contributed by atoms with Crippen LogP contribution in [0.2, 0.25) is 0 Å². The first-order valence-corrected chi connectivity index (χ1v) is 5.91. The minimum Gasteiger partial charge on any atom is -0.343 e. The fraction of sp³-hybridized carbons (Fsp3) is 0.500. The summed E-state index contributed by atoms with van der Waals surface area (Å²) in [7, 11) is 1.90. The molecule has 2 nitrogen and oxygen atoms in total. The molecule has 1 aliphatic rings. The Morgan fingerprint density at radius 2 is 1.81 bits per heavy atom. The zero-order chi connectivity index (χ0) is 11.8. The molecule has 0 unspecified atom stereocenters. The number of nitrogens with zero attached hydrogens (tertiary/aromatic N) is 1. The first-order valence-electron chi connectivity index (χ1n) is 5.91. The summed E-state index contributed by atoms with van der Waals surface area (Å²) in [5.74, 6) is 0.272. The number of carbonyl (C=O) groups is 1. The van der Waals surface area contributed by atoms with Crippen LogP contribution in [0.3, 0.4) is 0 Å². The van der Waals surface area contributed by atoms with E-state index in [2.05, 4.69) is 26.0 Å². The van der Waals surface area contributed by atoms with Crippen LogP contribution in [0.5, 0.6) is 0 Å². The van der Waals surface area contributed by atoms with Gasteiger partial charge in [0.05, 0.1) is 5.41 Å². The summed E-state index contributed by atoms with van der Waals surface area (Å²) in [5.41, 5.74) is 0.966. The monoisotopic (exact) mass is 217 g/mol. The first kappa shape index (κ1) is 11.2. The summed E-state index contributed by atoms with van der Waals surface area (Å²) in [5, 5.41) is 0. The van der Waals surface area contributed by atoms with Gasteiger partial charge < -0.3 is 4.90 Å². The van der Waals surface area contributed by atoms with Crippen LogP contribution in [0.4, 0.5) is 0 Å². The maximum atomic E-state index is 12.4. The molecule has 0 bridgehead atoms. The molecule has 1 saturated carbocycles. The Hall–Kier alpha value is -1.31. The highest BCUT2D eigenvalue weighted by Gasteiger charge is 2.52. The van der Waals surface area contributed by atoms with E-state index in [1.807, 2.05) is 30.1 Å². The molecule has 86 valence electrons. The van der Waals surface area contributed by atoms with E-state index in [-0.39, 0.29) is 17.4 Å². The Morgan fingerprint density at radius 3 is 2.25 bits per heavy atom. The predicted octanol–water partition coefficient (Wildman–Crippen LogP) is 2.59. The van der Waals surface area contributed by atoms with Gasteiger partial charge in [-0.2, -0.15) is 0 Å². The molecular weight excluding hydrogens is 198 g/mol. The highest BCUT2D eigenvalue weighted by Crippen LogP contribution is 2.49. The zero-order valence-corrected chi connectivity index (χ0v) is 10.2. The third-order valence-electron chi connectivity index (χ3n) is 3.58. The van der Waals surface area contributed by atoms with E-state index in [9.17, 15) is 4.79 Å². The summed E-state index contributed by atoms with van der Waals surface area (Å²) < 4.78 is 0. The molecular formula is C14H19NO. The maximum Gasteiger partial charge on any atom is 0.233 e. The van der Waals surface area contributed by atoms with Crippen molar-refractivity contribution in [1.29, 1.82) is 0 Å². The molecule has 0 spiro atoms. The van der Waals surface area contributed by atoms with Gasteiger partial charge in [0.2, 0.25) is 5.91 Å². The largest absolute Gasteiger partial charge is 0.343 e. The molecule has 0 aromatic heterocycles. The lowest BCUT2D eigenvalue weighted by molar-refractivity contribution is -0.134. The lowest BCUT2D eigenvalue weighted by Crippen LogP contribution is -2.40. The number of amides is 1. The summed E-state index contributed by atoms with van der Waals surface area (Å²) in [6, 6.07) is 10.4. The van der Waals surface area contributed by atoms with E-state index in [0.29, 0.717) is 0 Å². The molecule has 2 heteroatoms. The lowest BCUT2D eigenvalue weighted by Gasteiger charge is -2.27. The van der Waals surface area contributed by atoms with E-state index in [1.165, 1.54) is 5.56 Å². The van der Waals surface area contributed by atoms with Crippen LogP contribution in [-0.4, -0.2) is 23.9 Å². The number of hydrogen-bond donors (Lipinski definition) is 0. The van der Waals surface area contributed by atoms with Gasteiger partial charge in [0, 0.05) is 13.1 Å².